The molecule has 1 aliphatic heterocycles. The van der Waals surface area contributed by atoms with E-state index < -0.39 is 0 Å². The maximum Gasteiger partial charge on any atom is 0.112 e. The van der Waals surface area contributed by atoms with Crippen molar-refractivity contribution in [3.63, 3.8) is 0 Å². The Morgan fingerprint density at radius 1 is 1.57 bits per heavy atom. The van der Waals surface area contributed by atoms with Gasteiger partial charge in [-0.2, -0.15) is 0 Å². The topological polar surface area (TPSA) is 43.8 Å². The molecular weight excluding hydrogens is 174 g/mol. The Bertz CT molecular complexity index is 341. The first-order valence-electron chi connectivity index (χ1n) is 5.45. The summed E-state index contributed by atoms with van der Waals surface area (Å²) in [6.07, 6.45) is 2.12. The Morgan fingerprint density at radius 3 is 2.93 bits per heavy atom. The molecular formula is C11H19N3. The maximum absolute atomic E-state index is 6.02. The first kappa shape index (κ1) is 9.71. The highest BCUT2D eigenvalue weighted by atomic mass is 15.1. The van der Waals surface area contributed by atoms with E-state index in [1.807, 2.05) is 0 Å². The molecule has 1 aliphatic rings. The zero-order valence-corrected chi connectivity index (χ0v) is 9.25. The largest absolute Gasteiger partial charge is 0.330 e. The zero-order chi connectivity index (χ0) is 10.3. The van der Waals surface area contributed by atoms with E-state index in [1.54, 1.807) is 0 Å². The van der Waals surface area contributed by atoms with Gasteiger partial charge in [-0.15, -0.1) is 0 Å². The molecule has 3 heteroatoms. The van der Waals surface area contributed by atoms with Gasteiger partial charge >= 0.3 is 0 Å². The molecule has 2 heterocycles. The van der Waals surface area contributed by atoms with Crippen molar-refractivity contribution in [2.24, 2.45) is 5.73 Å². The quantitative estimate of drug-likeness (QED) is 0.736. The highest BCUT2D eigenvalue weighted by Crippen LogP contribution is 2.28. The number of aromatic nitrogens is 2. The van der Waals surface area contributed by atoms with Gasteiger partial charge in [-0.05, 0) is 19.8 Å². The highest BCUT2D eigenvalue weighted by Gasteiger charge is 2.25. The maximum atomic E-state index is 6.02. The van der Waals surface area contributed by atoms with Crippen LogP contribution in [-0.2, 0) is 13.0 Å². The number of nitrogens with two attached hydrogens (primary N) is 1. The predicted molar refractivity (Wildman–Crippen MR) is 57.3 cm³/mol. The number of rotatable bonds is 1. The predicted octanol–water partition coefficient (Wildman–Crippen LogP) is 1.59. The lowest BCUT2D eigenvalue weighted by Crippen LogP contribution is -2.34. The van der Waals surface area contributed by atoms with Gasteiger partial charge < -0.3 is 10.3 Å². The number of hydrogen-bond acceptors (Lipinski definition) is 2. The van der Waals surface area contributed by atoms with Gasteiger partial charge in [-0.3, -0.25) is 0 Å². The van der Waals surface area contributed by atoms with Crippen LogP contribution >= 0.6 is 0 Å². The summed E-state index contributed by atoms with van der Waals surface area (Å²) in [5.74, 6) is 1.75. The molecule has 2 rings (SSSR count). The van der Waals surface area contributed by atoms with E-state index in [4.69, 9.17) is 5.73 Å². The van der Waals surface area contributed by atoms with Crippen LogP contribution in [-0.4, -0.2) is 15.6 Å². The van der Waals surface area contributed by atoms with Crippen LogP contribution in [0.5, 0.6) is 0 Å². The van der Waals surface area contributed by atoms with E-state index in [-0.39, 0.29) is 0 Å². The molecule has 2 N–H and O–H groups in total. The minimum absolute atomic E-state index is 0.302. The second kappa shape index (κ2) is 3.39. The standard InChI is InChI=1S/C11H19N3/c1-4-10-8(3)13-11-7(2)5-9(12)6-14(10)11/h7,9H,4-6,12H2,1-3H3. The monoisotopic (exact) mass is 193 g/mol. The third-order valence-electron chi connectivity index (χ3n) is 3.15. The fourth-order valence-corrected chi connectivity index (χ4v) is 2.53. The van der Waals surface area contributed by atoms with Crippen molar-refractivity contribution < 1.29 is 0 Å². The van der Waals surface area contributed by atoms with Crippen molar-refractivity contribution in [2.75, 3.05) is 0 Å². The van der Waals surface area contributed by atoms with E-state index in [0.717, 1.165) is 19.4 Å². The van der Waals surface area contributed by atoms with Crippen molar-refractivity contribution in [1.29, 1.82) is 0 Å². The van der Waals surface area contributed by atoms with Crippen LogP contribution in [0.3, 0.4) is 0 Å². The second-order valence-electron chi connectivity index (χ2n) is 4.36. The van der Waals surface area contributed by atoms with Gasteiger partial charge in [0.25, 0.3) is 0 Å². The van der Waals surface area contributed by atoms with Crippen LogP contribution < -0.4 is 5.73 Å². The smallest absolute Gasteiger partial charge is 0.112 e. The normalized spacial score (nSPS) is 26.3. The molecule has 0 bridgehead atoms. The van der Waals surface area contributed by atoms with Crippen LogP contribution in [0.1, 0.15) is 43.4 Å². The van der Waals surface area contributed by atoms with E-state index in [0.29, 0.717) is 12.0 Å². The van der Waals surface area contributed by atoms with Gasteiger partial charge in [0.2, 0.25) is 0 Å². The molecule has 1 aromatic heterocycles. The van der Waals surface area contributed by atoms with E-state index in [2.05, 4.69) is 30.3 Å². The Kier molecular flexibility index (Phi) is 2.35. The molecule has 0 saturated heterocycles. The third kappa shape index (κ3) is 1.36. The van der Waals surface area contributed by atoms with Gasteiger partial charge in [0, 0.05) is 24.2 Å². The van der Waals surface area contributed by atoms with Crippen molar-refractivity contribution in [3.05, 3.63) is 17.2 Å². The van der Waals surface area contributed by atoms with Gasteiger partial charge in [-0.1, -0.05) is 13.8 Å². The lowest BCUT2D eigenvalue weighted by atomic mass is 9.97. The molecule has 2 atom stereocenters. The molecule has 0 radical (unpaired) electrons. The minimum Gasteiger partial charge on any atom is -0.330 e. The average molecular weight is 193 g/mol. The first-order chi connectivity index (χ1) is 6.63. The zero-order valence-electron chi connectivity index (χ0n) is 9.25. The van der Waals surface area contributed by atoms with E-state index in [9.17, 15) is 0 Å². The Morgan fingerprint density at radius 2 is 2.29 bits per heavy atom. The summed E-state index contributed by atoms with van der Waals surface area (Å²) in [5.41, 5.74) is 8.57. The number of nitrogens with zero attached hydrogens (tertiary/aromatic N) is 2. The first-order valence-corrected chi connectivity index (χ1v) is 5.45. The summed E-state index contributed by atoms with van der Waals surface area (Å²) in [4.78, 5) is 4.64. The summed E-state index contributed by atoms with van der Waals surface area (Å²) in [6.45, 7) is 7.45. The average Bonchev–Trinajstić information content (AvgIpc) is 2.41. The fourth-order valence-electron chi connectivity index (χ4n) is 2.53. The Balaban J connectivity index is 2.48. The summed E-state index contributed by atoms with van der Waals surface area (Å²) in [5, 5.41) is 0. The van der Waals surface area contributed by atoms with Gasteiger partial charge in [0.15, 0.2) is 0 Å². The molecule has 14 heavy (non-hydrogen) atoms. The summed E-state index contributed by atoms with van der Waals surface area (Å²) in [6, 6.07) is 0.302. The van der Waals surface area contributed by atoms with Gasteiger partial charge in [0.05, 0.1) is 5.69 Å². The molecule has 0 aromatic carbocycles. The summed E-state index contributed by atoms with van der Waals surface area (Å²) < 4.78 is 2.33. The second-order valence-corrected chi connectivity index (χ2v) is 4.36. The molecule has 0 saturated carbocycles. The third-order valence-corrected chi connectivity index (χ3v) is 3.15. The lowest BCUT2D eigenvalue weighted by molar-refractivity contribution is 0.400. The van der Waals surface area contributed by atoms with Gasteiger partial charge in [0.1, 0.15) is 5.82 Å². The number of fused-ring (bicyclic) bond motifs is 1. The molecule has 0 fully saturated rings. The van der Waals surface area contributed by atoms with Crippen LogP contribution in [0.25, 0.3) is 0 Å². The van der Waals surface area contributed by atoms with Crippen molar-refractivity contribution in [3.8, 4) is 0 Å². The molecule has 3 nitrogen and oxygen atoms in total. The van der Waals surface area contributed by atoms with Crippen molar-refractivity contribution in [2.45, 2.75) is 52.1 Å². The van der Waals surface area contributed by atoms with E-state index in [1.165, 1.54) is 17.2 Å². The van der Waals surface area contributed by atoms with Crippen molar-refractivity contribution in [1.82, 2.24) is 9.55 Å². The van der Waals surface area contributed by atoms with Crippen LogP contribution in [0.15, 0.2) is 0 Å². The number of imidazole rings is 1. The molecule has 0 amide bonds. The lowest BCUT2D eigenvalue weighted by Gasteiger charge is -2.26. The molecule has 0 aliphatic carbocycles. The Hall–Kier alpha value is -0.830. The molecule has 2 unspecified atom stereocenters. The molecule has 0 spiro atoms. The van der Waals surface area contributed by atoms with Crippen LogP contribution in [0, 0.1) is 6.92 Å². The van der Waals surface area contributed by atoms with Crippen molar-refractivity contribution >= 4 is 0 Å². The van der Waals surface area contributed by atoms with Crippen LogP contribution in [0.4, 0.5) is 0 Å². The minimum atomic E-state index is 0.302. The van der Waals surface area contributed by atoms with Gasteiger partial charge in [-0.25, -0.2) is 4.98 Å². The van der Waals surface area contributed by atoms with E-state index >= 15 is 0 Å². The van der Waals surface area contributed by atoms with Crippen LogP contribution in [0.2, 0.25) is 0 Å². The number of hydrogen-bond donors (Lipinski definition) is 1. The molecule has 1 aromatic rings. The SMILES string of the molecule is CCc1c(C)nc2n1CC(N)CC2C. The fraction of sp³-hybridized carbons (Fsp3) is 0.727. The highest BCUT2D eigenvalue weighted by molar-refractivity contribution is 5.20. The Labute approximate surface area is 85.3 Å². The number of aryl methyl sites for hydroxylation is 1. The summed E-state index contributed by atoms with van der Waals surface area (Å²) >= 11 is 0. The molecule has 78 valence electrons. The summed E-state index contributed by atoms with van der Waals surface area (Å²) in [7, 11) is 0.